The number of hydrogen-bond donors (Lipinski definition) is 0. The van der Waals surface area contributed by atoms with Gasteiger partial charge in [0.15, 0.2) is 0 Å². The first-order chi connectivity index (χ1) is 13.2. The Bertz CT molecular complexity index is 805. The molecule has 2 fully saturated rings. The summed E-state index contributed by atoms with van der Waals surface area (Å²) >= 11 is 0. The number of fused-ring (bicyclic) bond motifs is 1. The molecule has 2 aliphatic heterocycles. The normalized spacial score (nSPS) is 19.6. The summed E-state index contributed by atoms with van der Waals surface area (Å²) in [6, 6.07) is 0.662. The Morgan fingerprint density at radius 3 is 2.63 bits per heavy atom. The van der Waals surface area contributed by atoms with E-state index in [4.69, 9.17) is 9.15 Å². The number of hydrogen-bond acceptors (Lipinski definition) is 7. The van der Waals surface area contributed by atoms with E-state index in [0.29, 0.717) is 35.1 Å². The predicted molar refractivity (Wildman–Crippen MR) is 103 cm³/mol. The van der Waals surface area contributed by atoms with Crippen molar-refractivity contribution < 1.29 is 13.9 Å². The number of furan rings is 1. The van der Waals surface area contributed by atoms with E-state index in [2.05, 4.69) is 19.8 Å². The molecular weight excluding hydrogens is 344 g/mol. The number of carbonyl (C=O) groups excluding carboxylic acids is 1. The second kappa shape index (κ2) is 7.84. The lowest BCUT2D eigenvalue weighted by atomic mass is 9.99. The van der Waals surface area contributed by atoms with Crippen molar-refractivity contribution in [2.24, 2.45) is 0 Å². The Kier molecular flexibility index (Phi) is 5.29. The van der Waals surface area contributed by atoms with Crippen LogP contribution in [0, 0.1) is 6.92 Å². The maximum absolute atomic E-state index is 12.5. The van der Waals surface area contributed by atoms with Gasteiger partial charge < -0.3 is 19.0 Å². The fourth-order valence-electron chi connectivity index (χ4n) is 4.44. The topological polar surface area (TPSA) is 71.7 Å². The third-order valence-electron chi connectivity index (χ3n) is 5.79. The Morgan fingerprint density at radius 2 is 1.93 bits per heavy atom. The third-order valence-corrected chi connectivity index (χ3v) is 5.79. The van der Waals surface area contributed by atoms with Crippen LogP contribution in [0.3, 0.4) is 0 Å². The van der Waals surface area contributed by atoms with Gasteiger partial charge in [-0.1, -0.05) is 6.42 Å². The van der Waals surface area contributed by atoms with E-state index in [1.54, 1.807) is 13.8 Å². The zero-order valence-electron chi connectivity index (χ0n) is 16.2. The van der Waals surface area contributed by atoms with Crippen LogP contribution in [0.4, 0.5) is 5.82 Å². The Labute approximate surface area is 159 Å². The number of nitrogens with zero attached hydrogens (tertiary/aromatic N) is 4. The first-order valence-electron chi connectivity index (χ1n) is 10.1. The molecule has 0 radical (unpaired) electrons. The number of ether oxygens (including phenoxy) is 1. The minimum Gasteiger partial charge on any atom is -0.462 e. The molecule has 0 aromatic carbocycles. The number of carbonyl (C=O) groups is 1. The Hall–Kier alpha value is -2.15. The van der Waals surface area contributed by atoms with Crippen LogP contribution in [0.15, 0.2) is 10.7 Å². The lowest BCUT2D eigenvalue weighted by Crippen LogP contribution is -2.47. The van der Waals surface area contributed by atoms with Crippen LogP contribution in [0.1, 0.15) is 55.1 Å². The van der Waals surface area contributed by atoms with Crippen LogP contribution >= 0.6 is 0 Å². The van der Waals surface area contributed by atoms with E-state index < -0.39 is 0 Å². The van der Waals surface area contributed by atoms with E-state index in [1.807, 2.05) is 0 Å². The molecule has 0 amide bonds. The lowest BCUT2D eigenvalue weighted by Gasteiger charge is -2.40. The summed E-state index contributed by atoms with van der Waals surface area (Å²) in [5, 5.41) is 0.685. The Balaban J connectivity index is 1.58. The van der Waals surface area contributed by atoms with Crippen molar-refractivity contribution in [1.82, 2.24) is 14.9 Å². The van der Waals surface area contributed by atoms with Gasteiger partial charge in [0.25, 0.3) is 0 Å². The first kappa shape index (κ1) is 18.2. The minimum atomic E-state index is -0.368. The van der Waals surface area contributed by atoms with Crippen LogP contribution in [0.5, 0.6) is 0 Å². The molecule has 0 aliphatic carbocycles. The van der Waals surface area contributed by atoms with E-state index in [9.17, 15) is 4.79 Å². The standard InChI is InChI=1S/C20H28N4O3/c1-3-26-20(25)16-14(2)27-19-17(16)18(21-13-22-19)24-11-7-15(8-12-24)23-9-5-4-6-10-23/h13,15H,3-12H2,1-2H3. The van der Waals surface area contributed by atoms with Gasteiger partial charge in [-0.2, -0.15) is 0 Å². The maximum Gasteiger partial charge on any atom is 0.342 e. The molecular formula is C20H28N4O3. The molecule has 7 heteroatoms. The number of rotatable bonds is 4. The summed E-state index contributed by atoms with van der Waals surface area (Å²) in [5.41, 5.74) is 0.916. The zero-order valence-corrected chi connectivity index (χ0v) is 16.2. The van der Waals surface area contributed by atoms with Crippen LogP contribution in [-0.2, 0) is 4.74 Å². The van der Waals surface area contributed by atoms with Gasteiger partial charge >= 0.3 is 5.97 Å². The fraction of sp³-hybridized carbons (Fsp3) is 0.650. The van der Waals surface area contributed by atoms with E-state index in [-0.39, 0.29) is 5.97 Å². The van der Waals surface area contributed by atoms with Crippen molar-refractivity contribution in [2.45, 2.75) is 52.0 Å². The maximum atomic E-state index is 12.5. The van der Waals surface area contributed by atoms with Crippen LogP contribution in [0.25, 0.3) is 11.1 Å². The molecule has 7 nitrogen and oxygen atoms in total. The average molecular weight is 372 g/mol. The van der Waals surface area contributed by atoms with Gasteiger partial charge in [-0.05, 0) is 52.6 Å². The second-order valence-corrected chi connectivity index (χ2v) is 7.45. The third kappa shape index (κ3) is 3.52. The number of anilines is 1. The molecule has 0 N–H and O–H groups in total. The van der Waals surface area contributed by atoms with E-state index >= 15 is 0 Å². The van der Waals surface area contributed by atoms with Crippen LogP contribution in [0.2, 0.25) is 0 Å². The first-order valence-corrected chi connectivity index (χ1v) is 10.1. The molecule has 4 rings (SSSR count). The largest absolute Gasteiger partial charge is 0.462 e. The molecule has 2 aliphatic rings. The number of likely N-dealkylation sites (tertiary alicyclic amines) is 1. The fourth-order valence-corrected chi connectivity index (χ4v) is 4.44. The quantitative estimate of drug-likeness (QED) is 0.763. The summed E-state index contributed by atoms with van der Waals surface area (Å²) in [4.78, 5) is 26.1. The summed E-state index contributed by atoms with van der Waals surface area (Å²) in [6.07, 6.45) is 7.78. The van der Waals surface area contributed by atoms with Gasteiger partial charge in [0.2, 0.25) is 5.71 Å². The highest BCUT2D eigenvalue weighted by Crippen LogP contribution is 2.33. The smallest absolute Gasteiger partial charge is 0.342 e. The van der Waals surface area contributed by atoms with Gasteiger partial charge in [0.1, 0.15) is 23.5 Å². The van der Waals surface area contributed by atoms with Gasteiger partial charge in [0, 0.05) is 19.1 Å². The lowest BCUT2D eigenvalue weighted by molar-refractivity contribution is 0.0526. The summed E-state index contributed by atoms with van der Waals surface area (Å²) in [5.74, 6) is 0.957. The zero-order chi connectivity index (χ0) is 18.8. The average Bonchev–Trinajstić information content (AvgIpc) is 3.05. The summed E-state index contributed by atoms with van der Waals surface area (Å²) in [7, 11) is 0. The molecule has 2 aromatic rings. The molecule has 0 saturated carbocycles. The number of esters is 1. The molecule has 27 heavy (non-hydrogen) atoms. The van der Waals surface area contributed by atoms with Gasteiger partial charge in [-0.25, -0.2) is 14.8 Å². The van der Waals surface area contributed by atoms with Crippen molar-refractivity contribution >= 4 is 22.9 Å². The van der Waals surface area contributed by atoms with Crippen LogP contribution < -0.4 is 4.90 Å². The molecule has 146 valence electrons. The predicted octanol–water partition coefficient (Wildman–Crippen LogP) is 3.16. The monoisotopic (exact) mass is 372 g/mol. The number of aryl methyl sites for hydroxylation is 1. The molecule has 4 heterocycles. The number of piperidine rings is 2. The van der Waals surface area contributed by atoms with E-state index in [1.165, 1.54) is 38.7 Å². The van der Waals surface area contributed by atoms with Crippen LogP contribution in [-0.4, -0.2) is 59.7 Å². The molecule has 0 spiro atoms. The number of aromatic nitrogens is 2. The van der Waals surface area contributed by atoms with Gasteiger partial charge in [-0.3, -0.25) is 0 Å². The highest BCUT2D eigenvalue weighted by Gasteiger charge is 2.30. The molecule has 0 unspecified atom stereocenters. The van der Waals surface area contributed by atoms with Crippen molar-refractivity contribution in [3.8, 4) is 0 Å². The highest BCUT2D eigenvalue weighted by molar-refractivity contribution is 6.07. The second-order valence-electron chi connectivity index (χ2n) is 7.45. The van der Waals surface area contributed by atoms with Crippen molar-refractivity contribution in [1.29, 1.82) is 0 Å². The Morgan fingerprint density at radius 1 is 1.19 bits per heavy atom. The van der Waals surface area contributed by atoms with Crippen molar-refractivity contribution in [3.05, 3.63) is 17.7 Å². The minimum absolute atomic E-state index is 0.329. The molecule has 2 saturated heterocycles. The highest BCUT2D eigenvalue weighted by atomic mass is 16.5. The molecule has 0 bridgehead atoms. The SMILES string of the molecule is CCOC(=O)c1c(C)oc2ncnc(N3CCC(N4CCCCC4)CC3)c12. The van der Waals surface area contributed by atoms with Gasteiger partial charge in [-0.15, -0.1) is 0 Å². The summed E-state index contributed by atoms with van der Waals surface area (Å²) in [6.45, 7) is 8.24. The molecule has 2 aromatic heterocycles. The van der Waals surface area contributed by atoms with Crippen molar-refractivity contribution in [3.63, 3.8) is 0 Å². The van der Waals surface area contributed by atoms with E-state index in [0.717, 1.165) is 31.7 Å². The van der Waals surface area contributed by atoms with Gasteiger partial charge in [0.05, 0.1) is 12.0 Å². The molecule has 0 atom stereocenters. The summed E-state index contributed by atoms with van der Waals surface area (Å²) < 4.78 is 11.0. The van der Waals surface area contributed by atoms with Crippen molar-refractivity contribution in [2.75, 3.05) is 37.7 Å².